The lowest BCUT2D eigenvalue weighted by Gasteiger charge is -2.15. The average Bonchev–Trinajstić information content (AvgIpc) is 2.97. The number of anilines is 1. The van der Waals surface area contributed by atoms with Crippen molar-refractivity contribution < 1.29 is 14.2 Å². The molecule has 0 spiro atoms. The SMILES string of the molecule is CCc1nc(N)c2nc(-c3ccc(OC)c(OC)c3OC)n(C)c2n1. The first-order chi connectivity index (χ1) is 12.0. The lowest BCUT2D eigenvalue weighted by molar-refractivity contribution is 0.325. The first kappa shape index (κ1) is 16.8. The monoisotopic (exact) mass is 343 g/mol. The smallest absolute Gasteiger partial charge is 0.204 e. The van der Waals surface area contributed by atoms with Crippen LogP contribution in [0.2, 0.25) is 0 Å². The number of nitrogen functional groups attached to an aromatic ring is 1. The Morgan fingerprint density at radius 3 is 2.32 bits per heavy atom. The van der Waals surface area contributed by atoms with Crippen LogP contribution >= 0.6 is 0 Å². The summed E-state index contributed by atoms with van der Waals surface area (Å²) in [5.41, 5.74) is 8.05. The molecule has 0 bridgehead atoms. The fourth-order valence-electron chi connectivity index (χ4n) is 2.81. The number of hydrogen-bond acceptors (Lipinski definition) is 7. The van der Waals surface area contributed by atoms with Crippen LogP contribution < -0.4 is 19.9 Å². The molecule has 8 nitrogen and oxygen atoms in total. The third kappa shape index (κ3) is 2.59. The molecule has 0 aliphatic heterocycles. The van der Waals surface area contributed by atoms with Gasteiger partial charge in [-0.3, -0.25) is 0 Å². The van der Waals surface area contributed by atoms with Crippen molar-refractivity contribution in [1.82, 2.24) is 19.5 Å². The Balaban J connectivity index is 2.30. The lowest BCUT2D eigenvalue weighted by atomic mass is 10.1. The fourth-order valence-corrected chi connectivity index (χ4v) is 2.81. The topological polar surface area (TPSA) is 97.3 Å². The van der Waals surface area contributed by atoms with E-state index in [9.17, 15) is 0 Å². The molecular weight excluding hydrogens is 322 g/mol. The summed E-state index contributed by atoms with van der Waals surface area (Å²) in [5.74, 6) is 3.31. The van der Waals surface area contributed by atoms with Crippen molar-refractivity contribution in [3.8, 4) is 28.6 Å². The van der Waals surface area contributed by atoms with Crippen LogP contribution in [0.3, 0.4) is 0 Å². The predicted octanol–water partition coefficient (Wildman–Crippen LogP) is 2.20. The molecule has 3 aromatic rings. The maximum absolute atomic E-state index is 6.06. The van der Waals surface area contributed by atoms with E-state index in [1.54, 1.807) is 21.3 Å². The summed E-state index contributed by atoms with van der Waals surface area (Å²) in [5, 5.41) is 0. The number of benzene rings is 1. The normalized spacial score (nSPS) is 10.9. The Kier molecular flexibility index (Phi) is 4.35. The maximum atomic E-state index is 6.06. The third-order valence-corrected chi connectivity index (χ3v) is 4.05. The summed E-state index contributed by atoms with van der Waals surface area (Å²) >= 11 is 0. The number of aryl methyl sites for hydroxylation is 2. The van der Waals surface area contributed by atoms with Crippen LogP contribution in [0.25, 0.3) is 22.6 Å². The molecule has 8 heteroatoms. The summed E-state index contributed by atoms with van der Waals surface area (Å²) in [6.45, 7) is 1.98. The Hall–Kier alpha value is -3.03. The van der Waals surface area contributed by atoms with Gasteiger partial charge in [0.1, 0.15) is 11.6 Å². The number of fused-ring (bicyclic) bond motifs is 1. The number of aromatic nitrogens is 4. The van der Waals surface area contributed by atoms with E-state index in [4.69, 9.17) is 19.9 Å². The van der Waals surface area contributed by atoms with Gasteiger partial charge in [0.25, 0.3) is 0 Å². The van der Waals surface area contributed by atoms with Gasteiger partial charge < -0.3 is 24.5 Å². The van der Waals surface area contributed by atoms with E-state index < -0.39 is 0 Å². The molecular formula is C17H21N5O3. The second kappa shape index (κ2) is 6.46. The minimum absolute atomic E-state index is 0.364. The van der Waals surface area contributed by atoms with E-state index in [-0.39, 0.29) is 0 Å². The Labute approximate surface area is 145 Å². The first-order valence-electron chi connectivity index (χ1n) is 7.83. The van der Waals surface area contributed by atoms with Crippen LogP contribution in [-0.4, -0.2) is 40.8 Å². The molecule has 2 heterocycles. The van der Waals surface area contributed by atoms with Crippen molar-refractivity contribution in [3.63, 3.8) is 0 Å². The summed E-state index contributed by atoms with van der Waals surface area (Å²) in [6, 6.07) is 3.67. The highest BCUT2D eigenvalue weighted by Gasteiger charge is 2.22. The Bertz CT molecular complexity index is 936. The minimum atomic E-state index is 0.364. The van der Waals surface area contributed by atoms with Gasteiger partial charge >= 0.3 is 0 Å². The van der Waals surface area contributed by atoms with Gasteiger partial charge in [0.15, 0.2) is 28.5 Å². The second-order valence-electron chi connectivity index (χ2n) is 5.43. The third-order valence-electron chi connectivity index (χ3n) is 4.05. The molecule has 1 aromatic carbocycles. The van der Waals surface area contributed by atoms with Gasteiger partial charge in [-0.25, -0.2) is 15.0 Å². The van der Waals surface area contributed by atoms with Crippen molar-refractivity contribution in [2.75, 3.05) is 27.1 Å². The van der Waals surface area contributed by atoms with Crippen LogP contribution in [0, 0.1) is 0 Å². The van der Waals surface area contributed by atoms with E-state index in [1.165, 1.54) is 0 Å². The molecule has 0 saturated carbocycles. The molecule has 2 aromatic heterocycles. The molecule has 0 unspecified atom stereocenters. The van der Waals surface area contributed by atoms with E-state index in [1.807, 2.05) is 30.7 Å². The first-order valence-corrected chi connectivity index (χ1v) is 7.83. The highest BCUT2D eigenvalue weighted by molar-refractivity contribution is 5.87. The molecule has 0 fully saturated rings. The standard InChI is InChI=1S/C17H21N5O3/c1-6-11-19-15(18)12-17(20-11)22(2)16(21-12)9-7-8-10(23-3)14(25-5)13(9)24-4/h7-8H,6H2,1-5H3,(H2,18,19,20). The van der Waals surface area contributed by atoms with Crippen molar-refractivity contribution in [2.24, 2.45) is 7.05 Å². The quantitative estimate of drug-likeness (QED) is 0.758. The summed E-state index contributed by atoms with van der Waals surface area (Å²) in [6.07, 6.45) is 0.695. The number of rotatable bonds is 5. The van der Waals surface area contributed by atoms with Gasteiger partial charge in [-0.05, 0) is 12.1 Å². The van der Waals surface area contributed by atoms with Gasteiger partial charge in [0.2, 0.25) is 5.75 Å². The van der Waals surface area contributed by atoms with E-state index >= 15 is 0 Å². The second-order valence-corrected chi connectivity index (χ2v) is 5.43. The Morgan fingerprint density at radius 1 is 1.00 bits per heavy atom. The predicted molar refractivity (Wildman–Crippen MR) is 95.2 cm³/mol. The van der Waals surface area contributed by atoms with Gasteiger partial charge in [-0.2, -0.15) is 0 Å². The average molecular weight is 343 g/mol. The molecule has 2 N–H and O–H groups in total. The van der Waals surface area contributed by atoms with E-state index in [0.29, 0.717) is 52.3 Å². The molecule has 0 aliphatic rings. The Morgan fingerprint density at radius 2 is 1.72 bits per heavy atom. The van der Waals surface area contributed by atoms with Gasteiger partial charge in [0, 0.05) is 13.5 Å². The molecule has 3 rings (SSSR count). The van der Waals surface area contributed by atoms with Crippen LogP contribution in [0.15, 0.2) is 12.1 Å². The molecule has 0 saturated heterocycles. The van der Waals surface area contributed by atoms with Crippen LogP contribution in [0.4, 0.5) is 5.82 Å². The molecule has 0 atom stereocenters. The molecule has 0 radical (unpaired) electrons. The van der Waals surface area contributed by atoms with E-state index in [0.717, 1.165) is 5.56 Å². The number of imidazole rings is 1. The van der Waals surface area contributed by atoms with Crippen LogP contribution in [0.1, 0.15) is 12.7 Å². The van der Waals surface area contributed by atoms with Gasteiger partial charge in [0.05, 0.1) is 26.9 Å². The molecule has 0 aliphatic carbocycles. The van der Waals surface area contributed by atoms with E-state index in [2.05, 4.69) is 15.0 Å². The summed E-state index contributed by atoms with van der Waals surface area (Å²) in [7, 11) is 6.60. The number of methoxy groups -OCH3 is 3. The van der Waals surface area contributed by atoms with Crippen molar-refractivity contribution in [1.29, 1.82) is 0 Å². The van der Waals surface area contributed by atoms with Crippen molar-refractivity contribution in [2.45, 2.75) is 13.3 Å². The van der Waals surface area contributed by atoms with Gasteiger partial charge in [-0.1, -0.05) is 6.92 Å². The highest BCUT2D eigenvalue weighted by Crippen LogP contribution is 2.44. The fraction of sp³-hybridized carbons (Fsp3) is 0.353. The zero-order chi connectivity index (χ0) is 18.1. The summed E-state index contributed by atoms with van der Waals surface area (Å²) < 4.78 is 18.2. The molecule has 132 valence electrons. The zero-order valence-electron chi connectivity index (χ0n) is 15.0. The zero-order valence-corrected chi connectivity index (χ0v) is 15.0. The van der Waals surface area contributed by atoms with Crippen molar-refractivity contribution >= 4 is 17.0 Å². The largest absolute Gasteiger partial charge is 0.493 e. The van der Waals surface area contributed by atoms with Crippen LogP contribution in [-0.2, 0) is 13.5 Å². The van der Waals surface area contributed by atoms with Crippen LogP contribution in [0.5, 0.6) is 17.2 Å². The minimum Gasteiger partial charge on any atom is -0.493 e. The highest BCUT2D eigenvalue weighted by atomic mass is 16.5. The molecule has 25 heavy (non-hydrogen) atoms. The lowest BCUT2D eigenvalue weighted by Crippen LogP contribution is -2.02. The maximum Gasteiger partial charge on any atom is 0.204 e. The van der Waals surface area contributed by atoms with Crippen molar-refractivity contribution in [3.05, 3.63) is 18.0 Å². The number of hydrogen-bond donors (Lipinski definition) is 1. The number of nitrogens with two attached hydrogens (primary N) is 1. The number of nitrogens with zero attached hydrogens (tertiary/aromatic N) is 4. The number of ether oxygens (including phenoxy) is 3. The molecule has 0 amide bonds. The van der Waals surface area contributed by atoms with Gasteiger partial charge in [-0.15, -0.1) is 0 Å². The summed E-state index contributed by atoms with van der Waals surface area (Å²) in [4.78, 5) is 13.5.